The van der Waals surface area contributed by atoms with Crippen molar-refractivity contribution in [3.63, 3.8) is 0 Å². The summed E-state index contributed by atoms with van der Waals surface area (Å²) in [7, 11) is 0. The number of alkyl halides is 1. The molecule has 1 aliphatic rings. The van der Waals surface area contributed by atoms with E-state index in [1.807, 2.05) is 12.1 Å². The molecule has 0 atom stereocenters. The van der Waals surface area contributed by atoms with Gasteiger partial charge in [0.25, 0.3) is 0 Å². The van der Waals surface area contributed by atoms with Gasteiger partial charge in [0.1, 0.15) is 6.67 Å². The average Bonchev–Trinajstić information content (AvgIpc) is 3.23. The molecule has 3 heterocycles. The van der Waals surface area contributed by atoms with E-state index in [1.54, 1.807) is 36.1 Å². The zero-order valence-electron chi connectivity index (χ0n) is 16.9. The van der Waals surface area contributed by atoms with Crippen LogP contribution in [0.1, 0.15) is 17.0 Å². The summed E-state index contributed by atoms with van der Waals surface area (Å²) in [5.74, 6) is 0. The molecule has 0 spiro atoms. The van der Waals surface area contributed by atoms with E-state index in [1.165, 1.54) is 11.3 Å². The fourth-order valence-corrected chi connectivity index (χ4v) is 4.34. The summed E-state index contributed by atoms with van der Waals surface area (Å²) in [5.41, 5.74) is 3.66. The third-order valence-electron chi connectivity index (χ3n) is 4.81. The number of aromatic nitrogens is 2. The molecule has 2 aromatic heterocycles. The molecule has 0 bridgehead atoms. The van der Waals surface area contributed by atoms with Gasteiger partial charge in [-0.1, -0.05) is 23.5 Å². The molecule has 3 aromatic rings. The van der Waals surface area contributed by atoms with E-state index in [-0.39, 0.29) is 6.03 Å². The Balaban J connectivity index is 1.75. The molecular weight excluding hydrogens is 417 g/mol. The lowest BCUT2D eigenvalue weighted by molar-refractivity contribution is 0.0564. The van der Waals surface area contributed by atoms with Gasteiger partial charge < -0.3 is 9.64 Å². The molecule has 7 nitrogen and oxygen atoms in total. The van der Waals surface area contributed by atoms with Crippen LogP contribution in [0.4, 0.5) is 14.3 Å². The molecule has 0 radical (unpaired) electrons. The monoisotopic (exact) mass is 437 g/mol. The van der Waals surface area contributed by atoms with Crippen LogP contribution in [-0.2, 0) is 11.4 Å². The molecule has 31 heavy (non-hydrogen) atoms. The van der Waals surface area contributed by atoms with Crippen LogP contribution in [0, 0.1) is 18.3 Å². The van der Waals surface area contributed by atoms with Crippen molar-refractivity contribution in [2.24, 2.45) is 0 Å². The third kappa shape index (κ3) is 4.71. The first-order chi connectivity index (χ1) is 15.1. The number of nitriles is 1. The van der Waals surface area contributed by atoms with Crippen molar-refractivity contribution in [1.82, 2.24) is 14.9 Å². The second kappa shape index (κ2) is 9.20. The molecule has 1 fully saturated rings. The highest BCUT2D eigenvalue weighted by molar-refractivity contribution is 7.19. The van der Waals surface area contributed by atoms with Crippen LogP contribution >= 0.6 is 11.3 Å². The number of thiazole rings is 1. The van der Waals surface area contributed by atoms with Crippen molar-refractivity contribution >= 4 is 22.5 Å². The molecule has 4 rings (SSSR count). The molecule has 2 amide bonds. The second-order valence-corrected chi connectivity index (χ2v) is 8.04. The number of rotatable bonds is 4. The van der Waals surface area contributed by atoms with Gasteiger partial charge in [-0.15, -0.1) is 0 Å². The Morgan fingerprint density at radius 2 is 2.06 bits per heavy atom. The molecule has 1 aliphatic heterocycles. The predicted octanol–water partition coefficient (Wildman–Crippen LogP) is 4.39. The number of carbonyl (C=O) groups excluding carboxylic acids is 1. The number of aryl methyl sites for hydroxylation is 1. The van der Waals surface area contributed by atoms with Gasteiger partial charge >= 0.3 is 6.03 Å². The number of nitrogens with zero attached hydrogens (tertiary/aromatic N) is 4. The van der Waals surface area contributed by atoms with Gasteiger partial charge in [-0.25, -0.2) is 14.2 Å². The Hall–Kier alpha value is -3.35. The molecule has 9 heteroatoms. The van der Waals surface area contributed by atoms with E-state index in [4.69, 9.17) is 4.74 Å². The first-order valence-electron chi connectivity index (χ1n) is 9.76. The SMILES string of the molecule is Cc1cc(-c2sc(NC(=O)N3CCOCC3)nc2-c2cccc(C#N)c2)cc(CF)n1. The Kier molecular flexibility index (Phi) is 6.21. The average molecular weight is 438 g/mol. The van der Waals surface area contributed by atoms with Gasteiger partial charge in [0, 0.05) is 24.3 Å². The number of morpholine rings is 1. The van der Waals surface area contributed by atoms with Gasteiger partial charge in [0.05, 0.1) is 41.1 Å². The summed E-state index contributed by atoms with van der Waals surface area (Å²) in [6, 6.07) is 12.5. The Morgan fingerprint density at radius 3 is 2.81 bits per heavy atom. The van der Waals surface area contributed by atoms with E-state index < -0.39 is 6.67 Å². The Bertz CT molecular complexity index is 1150. The van der Waals surface area contributed by atoms with Gasteiger partial charge in [-0.3, -0.25) is 10.3 Å². The van der Waals surface area contributed by atoms with Crippen LogP contribution in [0.2, 0.25) is 0 Å². The minimum Gasteiger partial charge on any atom is -0.378 e. The van der Waals surface area contributed by atoms with Crippen molar-refractivity contribution in [2.75, 3.05) is 31.6 Å². The normalized spacial score (nSPS) is 13.6. The molecule has 0 unspecified atom stereocenters. The van der Waals surface area contributed by atoms with Crippen LogP contribution in [0.3, 0.4) is 0 Å². The number of halogens is 1. The maximum atomic E-state index is 13.3. The van der Waals surface area contributed by atoms with Crippen LogP contribution in [-0.4, -0.2) is 47.2 Å². The van der Waals surface area contributed by atoms with Crippen molar-refractivity contribution < 1.29 is 13.9 Å². The molecule has 0 aliphatic carbocycles. The highest BCUT2D eigenvalue weighted by Crippen LogP contribution is 2.39. The fraction of sp³-hybridized carbons (Fsp3) is 0.273. The number of pyridine rings is 1. The third-order valence-corrected chi connectivity index (χ3v) is 5.83. The number of nitrogens with one attached hydrogen (secondary N) is 1. The number of hydrogen-bond donors (Lipinski definition) is 1. The van der Waals surface area contributed by atoms with Gasteiger partial charge in [-0.2, -0.15) is 5.26 Å². The van der Waals surface area contributed by atoms with E-state index in [9.17, 15) is 14.4 Å². The van der Waals surface area contributed by atoms with E-state index in [0.717, 1.165) is 16.0 Å². The van der Waals surface area contributed by atoms with E-state index in [0.29, 0.717) is 54.1 Å². The lowest BCUT2D eigenvalue weighted by Crippen LogP contribution is -2.43. The smallest absolute Gasteiger partial charge is 0.323 e. The van der Waals surface area contributed by atoms with Crippen molar-refractivity contribution in [2.45, 2.75) is 13.6 Å². The molecule has 1 aromatic carbocycles. The number of carbonyl (C=O) groups is 1. The van der Waals surface area contributed by atoms with Crippen LogP contribution < -0.4 is 5.32 Å². The highest BCUT2D eigenvalue weighted by atomic mass is 32.1. The molecule has 1 saturated heterocycles. The number of urea groups is 1. The topological polar surface area (TPSA) is 91.1 Å². The summed E-state index contributed by atoms with van der Waals surface area (Å²) in [6.07, 6.45) is 0. The lowest BCUT2D eigenvalue weighted by atomic mass is 10.0. The van der Waals surface area contributed by atoms with Gasteiger partial charge in [0.15, 0.2) is 5.13 Å². The summed E-state index contributed by atoms with van der Waals surface area (Å²) in [4.78, 5) is 23.9. The van der Waals surface area contributed by atoms with Crippen LogP contribution in [0.25, 0.3) is 21.7 Å². The number of ether oxygens (including phenoxy) is 1. The van der Waals surface area contributed by atoms with Crippen molar-refractivity contribution in [3.05, 3.63) is 53.3 Å². The second-order valence-electron chi connectivity index (χ2n) is 7.04. The number of hydrogen-bond acceptors (Lipinski definition) is 6. The lowest BCUT2D eigenvalue weighted by Gasteiger charge is -2.26. The molecule has 1 N–H and O–H groups in total. The van der Waals surface area contributed by atoms with Crippen LogP contribution in [0.15, 0.2) is 36.4 Å². The first kappa shape index (κ1) is 20.9. The maximum Gasteiger partial charge on any atom is 0.323 e. The van der Waals surface area contributed by atoms with E-state index >= 15 is 0 Å². The number of amides is 2. The molecular formula is C22H20FN5O2S. The summed E-state index contributed by atoms with van der Waals surface area (Å²) >= 11 is 1.31. The first-order valence-corrected chi connectivity index (χ1v) is 10.6. The quantitative estimate of drug-likeness (QED) is 0.654. The largest absolute Gasteiger partial charge is 0.378 e. The standard InChI is InChI=1S/C22H20FN5O2S/c1-14-9-17(11-18(12-23)25-14)20-19(16-4-2-3-15(10-16)13-24)26-21(31-20)27-22(29)28-5-7-30-8-6-28/h2-4,9-11H,5-8,12H2,1H3,(H,26,27,29). The van der Waals surface area contributed by atoms with Crippen LogP contribution in [0.5, 0.6) is 0 Å². The fourth-order valence-electron chi connectivity index (χ4n) is 3.37. The molecule has 0 saturated carbocycles. The zero-order chi connectivity index (χ0) is 21.8. The Morgan fingerprint density at radius 1 is 1.26 bits per heavy atom. The summed E-state index contributed by atoms with van der Waals surface area (Å²) in [5, 5.41) is 12.6. The number of benzene rings is 1. The zero-order valence-corrected chi connectivity index (χ0v) is 17.7. The Labute approximate surface area is 183 Å². The van der Waals surface area contributed by atoms with Crippen molar-refractivity contribution in [1.29, 1.82) is 5.26 Å². The number of anilines is 1. The minimum absolute atomic E-state index is 0.240. The maximum absolute atomic E-state index is 13.3. The highest BCUT2D eigenvalue weighted by Gasteiger charge is 2.21. The summed E-state index contributed by atoms with van der Waals surface area (Å²) in [6.45, 7) is 3.18. The predicted molar refractivity (Wildman–Crippen MR) is 116 cm³/mol. The minimum atomic E-state index is -0.673. The molecule has 158 valence electrons. The van der Waals surface area contributed by atoms with E-state index in [2.05, 4.69) is 21.4 Å². The summed E-state index contributed by atoms with van der Waals surface area (Å²) < 4.78 is 18.6. The van der Waals surface area contributed by atoms with Gasteiger partial charge in [-0.05, 0) is 36.8 Å². The van der Waals surface area contributed by atoms with Gasteiger partial charge in [0.2, 0.25) is 0 Å². The van der Waals surface area contributed by atoms with Crippen molar-refractivity contribution in [3.8, 4) is 27.8 Å².